The van der Waals surface area contributed by atoms with Gasteiger partial charge in [0.1, 0.15) is 13.2 Å². The lowest BCUT2D eigenvalue weighted by molar-refractivity contribution is -0.0128. The molecule has 3 amide bonds. The fourth-order valence-corrected chi connectivity index (χ4v) is 3.56. The van der Waals surface area contributed by atoms with Gasteiger partial charge in [-0.1, -0.05) is 32.1 Å². The highest BCUT2D eigenvalue weighted by Crippen LogP contribution is 2.08. The Hall–Kier alpha value is -4.48. The van der Waals surface area contributed by atoms with Gasteiger partial charge < -0.3 is 28.9 Å². The number of aromatic nitrogens is 2. The number of nitrogens with zero attached hydrogens (tertiary/aromatic N) is 6. The van der Waals surface area contributed by atoms with Gasteiger partial charge in [-0.3, -0.25) is 15.0 Å². The topological polar surface area (TPSA) is 127 Å². The van der Waals surface area contributed by atoms with Crippen LogP contribution < -0.4 is 0 Å². The van der Waals surface area contributed by atoms with Crippen molar-refractivity contribution in [3.8, 4) is 0 Å². The largest absolute Gasteiger partial charge is 0.445 e. The second-order valence-electron chi connectivity index (χ2n) is 9.48. The van der Waals surface area contributed by atoms with E-state index in [1.54, 1.807) is 39.8 Å². The number of allylic oxidation sites excluding steroid dienone is 1. The summed E-state index contributed by atoms with van der Waals surface area (Å²) in [5, 5.41) is 0. The summed E-state index contributed by atoms with van der Waals surface area (Å²) in [6, 6.07) is 11.1. The van der Waals surface area contributed by atoms with Crippen molar-refractivity contribution in [3.05, 3.63) is 72.0 Å². The van der Waals surface area contributed by atoms with Crippen molar-refractivity contribution in [2.24, 2.45) is 4.99 Å². The Balaban J connectivity index is 0.00000474. The molecular formula is C32H48N6O6. The van der Waals surface area contributed by atoms with Gasteiger partial charge in [0, 0.05) is 95.7 Å². The number of carbonyl (C=O) groups is 3. The highest BCUT2D eigenvalue weighted by Gasteiger charge is 2.23. The van der Waals surface area contributed by atoms with Gasteiger partial charge in [-0.15, -0.1) is 0 Å². The first kappa shape index (κ1) is 37.5. The number of ether oxygens (including phenoxy) is 3. The van der Waals surface area contributed by atoms with E-state index in [1.807, 2.05) is 70.2 Å². The number of amides is 3. The SMILES string of the molecule is CC.CC=N/C(=C\C)CCN(C)C(=O)OCC(COC(=O)N(C)CCc1ccccn1)OC(=O)N(C)CCc1ccccn1. The number of rotatable bonds is 15. The lowest BCUT2D eigenvalue weighted by Gasteiger charge is -2.24. The van der Waals surface area contributed by atoms with Crippen LogP contribution in [-0.4, -0.2) is 109 Å². The Morgan fingerprint density at radius 2 is 1.25 bits per heavy atom. The summed E-state index contributed by atoms with van der Waals surface area (Å²) < 4.78 is 16.4. The predicted molar refractivity (Wildman–Crippen MR) is 171 cm³/mol. The van der Waals surface area contributed by atoms with E-state index in [0.29, 0.717) is 38.9 Å². The van der Waals surface area contributed by atoms with Crippen molar-refractivity contribution >= 4 is 24.5 Å². The van der Waals surface area contributed by atoms with Crippen LogP contribution in [0.25, 0.3) is 0 Å². The first-order chi connectivity index (χ1) is 21.2. The van der Waals surface area contributed by atoms with Crippen LogP contribution in [0.3, 0.4) is 0 Å². The quantitative estimate of drug-likeness (QED) is 0.197. The third kappa shape index (κ3) is 15.1. The Labute approximate surface area is 261 Å². The van der Waals surface area contributed by atoms with E-state index in [-0.39, 0.29) is 13.2 Å². The van der Waals surface area contributed by atoms with Gasteiger partial charge in [-0.25, -0.2) is 14.4 Å². The van der Waals surface area contributed by atoms with Crippen LogP contribution in [0.5, 0.6) is 0 Å². The Bertz CT molecular complexity index is 1160. The predicted octanol–water partition coefficient (Wildman–Crippen LogP) is 5.25. The first-order valence-corrected chi connectivity index (χ1v) is 14.8. The lowest BCUT2D eigenvalue weighted by atomic mass is 10.2. The van der Waals surface area contributed by atoms with E-state index in [9.17, 15) is 14.4 Å². The van der Waals surface area contributed by atoms with Crippen molar-refractivity contribution in [3.63, 3.8) is 0 Å². The molecule has 0 saturated carbocycles. The molecule has 0 bridgehead atoms. The molecule has 44 heavy (non-hydrogen) atoms. The zero-order chi connectivity index (χ0) is 32.7. The Kier molecular flexibility index (Phi) is 18.9. The summed E-state index contributed by atoms with van der Waals surface area (Å²) in [7, 11) is 4.81. The zero-order valence-electron chi connectivity index (χ0n) is 27.1. The maximum Gasteiger partial charge on any atom is 0.410 e. The average molecular weight is 613 g/mol. The van der Waals surface area contributed by atoms with Gasteiger partial charge in [0.25, 0.3) is 0 Å². The molecule has 0 saturated heterocycles. The molecule has 2 heterocycles. The highest BCUT2D eigenvalue weighted by atomic mass is 16.6. The number of pyridine rings is 2. The standard InChI is InChI=1S/C30H42N6O6.C2H6/c1-6-24(31-7-2)14-19-34(3)28(37)40-22-27(42-30(39)36(5)21-16-26-13-9-11-18-33-26)23-41-29(38)35(4)20-15-25-12-8-10-17-32-25;1-2/h6-13,17-18,27H,14-16,19-23H2,1-5H3;1-2H3/b24-6-,31-7?;. The molecule has 0 radical (unpaired) electrons. The Morgan fingerprint density at radius 3 is 1.68 bits per heavy atom. The molecule has 0 aliphatic rings. The summed E-state index contributed by atoms with van der Waals surface area (Å²) in [5.41, 5.74) is 2.52. The van der Waals surface area contributed by atoms with Crippen molar-refractivity contribution in [1.29, 1.82) is 0 Å². The van der Waals surface area contributed by atoms with Crippen LogP contribution >= 0.6 is 0 Å². The number of aliphatic imine (C=N–C) groups is 1. The lowest BCUT2D eigenvalue weighted by Crippen LogP contribution is -2.39. The minimum Gasteiger partial charge on any atom is -0.445 e. The molecule has 12 nitrogen and oxygen atoms in total. The normalized spacial score (nSPS) is 11.6. The van der Waals surface area contributed by atoms with Crippen LogP contribution in [-0.2, 0) is 27.1 Å². The number of likely N-dealkylation sites (N-methyl/N-ethyl adjacent to an activating group) is 2. The second-order valence-corrected chi connectivity index (χ2v) is 9.48. The molecule has 2 aromatic heterocycles. The van der Waals surface area contributed by atoms with Crippen LogP contribution in [0.4, 0.5) is 14.4 Å². The van der Waals surface area contributed by atoms with Crippen LogP contribution in [0.2, 0.25) is 0 Å². The van der Waals surface area contributed by atoms with Crippen LogP contribution in [0.1, 0.15) is 45.5 Å². The van der Waals surface area contributed by atoms with Gasteiger partial charge in [-0.2, -0.15) is 0 Å². The van der Waals surface area contributed by atoms with Crippen LogP contribution in [0, 0.1) is 0 Å². The average Bonchev–Trinajstić information content (AvgIpc) is 3.06. The van der Waals surface area contributed by atoms with Gasteiger partial charge in [0.15, 0.2) is 6.10 Å². The van der Waals surface area contributed by atoms with E-state index in [4.69, 9.17) is 14.2 Å². The van der Waals surface area contributed by atoms with Crippen molar-refractivity contribution in [2.45, 2.75) is 53.1 Å². The van der Waals surface area contributed by atoms with Gasteiger partial charge in [0.05, 0.1) is 0 Å². The van der Waals surface area contributed by atoms with E-state index >= 15 is 0 Å². The van der Waals surface area contributed by atoms with Gasteiger partial charge in [-0.05, 0) is 38.1 Å². The number of hydrogen-bond donors (Lipinski definition) is 0. The molecule has 0 aromatic carbocycles. The maximum absolute atomic E-state index is 12.8. The summed E-state index contributed by atoms with van der Waals surface area (Å²) in [5.74, 6) is 0. The first-order valence-electron chi connectivity index (χ1n) is 14.8. The number of carbonyl (C=O) groups excluding carboxylic acids is 3. The summed E-state index contributed by atoms with van der Waals surface area (Å²) in [6.45, 7) is 8.23. The van der Waals surface area contributed by atoms with E-state index in [1.165, 1.54) is 14.7 Å². The molecule has 242 valence electrons. The third-order valence-corrected chi connectivity index (χ3v) is 6.18. The number of hydrogen-bond acceptors (Lipinski definition) is 9. The molecule has 1 atom stereocenters. The van der Waals surface area contributed by atoms with Crippen molar-refractivity contribution in [1.82, 2.24) is 24.7 Å². The molecule has 0 N–H and O–H groups in total. The molecule has 0 aliphatic heterocycles. The smallest absolute Gasteiger partial charge is 0.410 e. The molecule has 2 aromatic rings. The molecule has 1 unspecified atom stereocenters. The Morgan fingerprint density at radius 1 is 0.773 bits per heavy atom. The van der Waals surface area contributed by atoms with Crippen LogP contribution in [0.15, 0.2) is 65.6 Å². The summed E-state index contributed by atoms with van der Waals surface area (Å²) in [4.78, 5) is 55.0. The minimum atomic E-state index is -1.02. The third-order valence-electron chi connectivity index (χ3n) is 6.18. The minimum absolute atomic E-state index is 0.294. The second kappa shape index (κ2) is 22.1. The van der Waals surface area contributed by atoms with E-state index < -0.39 is 24.4 Å². The fourth-order valence-electron chi connectivity index (χ4n) is 3.56. The molecule has 12 heteroatoms. The van der Waals surface area contributed by atoms with Gasteiger partial charge in [0.2, 0.25) is 0 Å². The molecule has 0 aliphatic carbocycles. The zero-order valence-corrected chi connectivity index (χ0v) is 27.1. The van der Waals surface area contributed by atoms with Gasteiger partial charge >= 0.3 is 18.3 Å². The fraction of sp³-hybridized carbons (Fsp3) is 0.500. The molecule has 2 rings (SSSR count). The maximum atomic E-state index is 12.8. The van der Waals surface area contributed by atoms with E-state index in [2.05, 4.69) is 15.0 Å². The highest BCUT2D eigenvalue weighted by molar-refractivity contribution is 5.69. The van der Waals surface area contributed by atoms with Crippen molar-refractivity contribution < 1.29 is 28.6 Å². The summed E-state index contributed by atoms with van der Waals surface area (Å²) >= 11 is 0. The monoisotopic (exact) mass is 612 g/mol. The van der Waals surface area contributed by atoms with Crippen molar-refractivity contribution in [2.75, 3.05) is 54.0 Å². The van der Waals surface area contributed by atoms with E-state index in [0.717, 1.165) is 17.1 Å². The molecule has 0 fully saturated rings. The molecular weight excluding hydrogens is 564 g/mol. The molecule has 0 spiro atoms. The summed E-state index contributed by atoms with van der Waals surface area (Å²) in [6.07, 6.45) is 5.71.